The Morgan fingerprint density at radius 2 is 1.35 bits per heavy atom. The topological polar surface area (TPSA) is 58.2 Å². The summed E-state index contributed by atoms with van der Waals surface area (Å²) >= 11 is 0. The molecule has 0 saturated carbocycles. The maximum Gasteiger partial charge on any atom is 0.255 e. The summed E-state index contributed by atoms with van der Waals surface area (Å²) in [6, 6.07) is 24.5. The van der Waals surface area contributed by atoms with Crippen molar-refractivity contribution in [3.8, 4) is 0 Å². The van der Waals surface area contributed by atoms with Crippen LogP contribution in [0.5, 0.6) is 0 Å². The number of hydrogen-bond donors (Lipinski definition) is 2. The molecule has 1 amide bonds. The number of nitrogens with one attached hydrogen (secondary N) is 2. The van der Waals surface area contributed by atoms with E-state index in [1.807, 2.05) is 72.8 Å². The second-order valence-corrected chi connectivity index (χ2v) is 6.69. The van der Waals surface area contributed by atoms with E-state index in [0.29, 0.717) is 11.1 Å². The van der Waals surface area contributed by atoms with Crippen molar-refractivity contribution in [2.75, 3.05) is 5.32 Å². The van der Waals surface area contributed by atoms with Crippen molar-refractivity contribution >= 4 is 17.4 Å². The highest BCUT2D eigenvalue weighted by Crippen LogP contribution is 2.49. The van der Waals surface area contributed by atoms with Gasteiger partial charge in [-0.05, 0) is 17.7 Å². The Morgan fingerprint density at radius 3 is 2.15 bits per heavy atom. The molecule has 1 spiro atoms. The normalized spacial score (nSPS) is 23.2. The molecule has 5 rings (SSSR count). The van der Waals surface area contributed by atoms with Crippen molar-refractivity contribution in [1.29, 1.82) is 0 Å². The highest BCUT2D eigenvalue weighted by Gasteiger charge is 2.55. The summed E-state index contributed by atoms with van der Waals surface area (Å²) < 4.78 is 0. The molecule has 3 aromatic carbocycles. The van der Waals surface area contributed by atoms with Gasteiger partial charge in [-0.1, -0.05) is 66.7 Å². The quantitative estimate of drug-likeness (QED) is 0.710. The third-order valence-corrected chi connectivity index (χ3v) is 5.26. The molecule has 1 aliphatic carbocycles. The van der Waals surface area contributed by atoms with Crippen molar-refractivity contribution < 1.29 is 9.59 Å². The summed E-state index contributed by atoms with van der Waals surface area (Å²) in [5.41, 5.74) is 2.67. The smallest absolute Gasteiger partial charge is 0.255 e. The SMILES string of the molecule is O=C1N[C@]2(Nc3ccccc31)c1ccccc1C(=O)[C@@H]2c1ccccc1. The van der Waals surface area contributed by atoms with Crippen LogP contribution in [0.15, 0.2) is 78.9 Å². The minimum Gasteiger partial charge on any atom is -0.357 e. The van der Waals surface area contributed by atoms with Crippen LogP contribution >= 0.6 is 0 Å². The lowest BCUT2D eigenvalue weighted by molar-refractivity contribution is 0.0854. The van der Waals surface area contributed by atoms with E-state index in [0.717, 1.165) is 16.8 Å². The number of ketones is 1. The zero-order valence-electron chi connectivity index (χ0n) is 13.9. The van der Waals surface area contributed by atoms with Crippen molar-refractivity contribution in [2.45, 2.75) is 11.6 Å². The van der Waals surface area contributed by atoms with E-state index in [1.165, 1.54) is 0 Å². The Kier molecular flexibility index (Phi) is 3.04. The van der Waals surface area contributed by atoms with Gasteiger partial charge in [0.25, 0.3) is 5.91 Å². The molecule has 3 aromatic rings. The predicted molar refractivity (Wildman–Crippen MR) is 99.2 cm³/mol. The number of anilines is 1. The van der Waals surface area contributed by atoms with Crippen molar-refractivity contribution in [2.24, 2.45) is 0 Å². The highest BCUT2D eigenvalue weighted by atomic mass is 16.2. The van der Waals surface area contributed by atoms with Gasteiger partial charge in [0.2, 0.25) is 0 Å². The van der Waals surface area contributed by atoms with Gasteiger partial charge in [0.15, 0.2) is 11.4 Å². The molecule has 4 nitrogen and oxygen atoms in total. The summed E-state index contributed by atoms with van der Waals surface area (Å²) in [6.07, 6.45) is 0. The zero-order valence-corrected chi connectivity index (χ0v) is 13.9. The lowest BCUT2D eigenvalue weighted by atomic mass is 9.83. The summed E-state index contributed by atoms with van der Waals surface area (Å²) in [6.45, 7) is 0. The number of hydrogen-bond acceptors (Lipinski definition) is 3. The predicted octanol–water partition coefficient (Wildman–Crippen LogP) is 3.68. The molecule has 0 bridgehead atoms. The number of amides is 1. The molecule has 2 N–H and O–H groups in total. The summed E-state index contributed by atoms with van der Waals surface area (Å²) in [4.78, 5) is 26.2. The number of benzene rings is 3. The molecule has 26 heavy (non-hydrogen) atoms. The van der Waals surface area contributed by atoms with Crippen LogP contribution in [0.25, 0.3) is 0 Å². The lowest BCUT2D eigenvalue weighted by Crippen LogP contribution is -2.57. The molecular weight excluding hydrogens is 324 g/mol. The molecule has 2 atom stereocenters. The molecule has 0 fully saturated rings. The minimum absolute atomic E-state index is 0.0129. The second kappa shape index (κ2) is 5.30. The fourth-order valence-corrected chi connectivity index (χ4v) is 4.16. The Labute approximate surface area is 150 Å². The number of Topliss-reactive ketones (excluding diaryl/α,β-unsaturated/α-hetero) is 1. The Bertz CT molecular complexity index is 1040. The van der Waals surface area contributed by atoms with E-state index in [9.17, 15) is 9.59 Å². The first-order valence-corrected chi connectivity index (χ1v) is 8.59. The molecule has 4 heteroatoms. The van der Waals surface area contributed by atoms with Crippen LogP contribution in [0, 0.1) is 0 Å². The van der Waals surface area contributed by atoms with Gasteiger partial charge in [0, 0.05) is 16.8 Å². The summed E-state index contributed by atoms with van der Waals surface area (Å²) in [5.74, 6) is -0.692. The lowest BCUT2D eigenvalue weighted by Gasteiger charge is -2.42. The van der Waals surface area contributed by atoms with Crippen LogP contribution in [-0.4, -0.2) is 11.7 Å². The van der Waals surface area contributed by atoms with Crippen LogP contribution in [0.3, 0.4) is 0 Å². The average molecular weight is 340 g/mol. The fourth-order valence-electron chi connectivity index (χ4n) is 4.16. The molecular formula is C22H16N2O2. The Balaban J connectivity index is 1.77. The molecule has 2 aliphatic rings. The van der Waals surface area contributed by atoms with Crippen LogP contribution in [0.2, 0.25) is 0 Å². The van der Waals surface area contributed by atoms with Gasteiger partial charge in [-0.3, -0.25) is 9.59 Å². The third-order valence-electron chi connectivity index (χ3n) is 5.26. The van der Waals surface area contributed by atoms with Crippen LogP contribution in [0.1, 0.15) is 37.8 Å². The first kappa shape index (κ1) is 14.9. The van der Waals surface area contributed by atoms with Gasteiger partial charge < -0.3 is 10.6 Å². The molecule has 1 heterocycles. The van der Waals surface area contributed by atoms with Gasteiger partial charge in [0.05, 0.1) is 11.5 Å². The molecule has 0 aromatic heterocycles. The van der Waals surface area contributed by atoms with Gasteiger partial charge in [-0.2, -0.15) is 0 Å². The van der Waals surface area contributed by atoms with Gasteiger partial charge in [-0.15, -0.1) is 0 Å². The molecule has 0 unspecified atom stereocenters. The Morgan fingerprint density at radius 1 is 0.692 bits per heavy atom. The number of rotatable bonds is 1. The minimum atomic E-state index is -0.986. The first-order valence-electron chi connectivity index (χ1n) is 8.59. The van der Waals surface area contributed by atoms with Crippen molar-refractivity contribution in [1.82, 2.24) is 5.32 Å². The van der Waals surface area contributed by atoms with Crippen LogP contribution in [0.4, 0.5) is 5.69 Å². The van der Waals surface area contributed by atoms with Crippen molar-refractivity contribution in [3.05, 3.63) is 101 Å². The molecule has 126 valence electrons. The van der Waals surface area contributed by atoms with Gasteiger partial charge in [-0.25, -0.2) is 0 Å². The molecule has 0 radical (unpaired) electrons. The number of para-hydroxylation sites is 1. The van der Waals surface area contributed by atoms with Gasteiger partial charge in [0.1, 0.15) is 0 Å². The van der Waals surface area contributed by atoms with Crippen molar-refractivity contribution in [3.63, 3.8) is 0 Å². The van der Waals surface area contributed by atoms with E-state index in [1.54, 1.807) is 6.07 Å². The average Bonchev–Trinajstić information content (AvgIpc) is 2.91. The largest absolute Gasteiger partial charge is 0.357 e. The van der Waals surface area contributed by atoms with E-state index in [-0.39, 0.29) is 11.7 Å². The van der Waals surface area contributed by atoms with Gasteiger partial charge >= 0.3 is 0 Å². The Hall–Kier alpha value is -3.40. The molecule has 0 saturated heterocycles. The summed E-state index contributed by atoms with van der Waals surface area (Å²) in [5, 5.41) is 6.60. The monoisotopic (exact) mass is 340 g/mol. The first-order chi connectivity index (χ1) is 12.7. The van der Waals surface area contributed by atoms with E-state index >= 15 is 0 Å². The van der Waals surface area contributed by atoms with Crippen LogP contribution in [-0.2, 0) is 5.66 Å². The van der Waals surface area contributed by atoms with E-state index < -0.39 is 11.6 Å². The molecule has 1 aliphatic heterocycles. The number of carbonyl (C=O) groups is 2. The van der Waals surface area contributed by atoms with E-state index in [4.69, 9.17) is 0 Å². The maximum absolute atomic E-state index is 13.3. The second-order valence-electron chi connectivity index (χ2n) is 6.69. The summed E-state index contributed by atoms with van der Waals surface area (Å²) in [7, 11) is 0. The highest BCUT2D eigenvalue weighted by molar-refractivity contribution is 6.11. The van der Waals surface area contributed by atoms with E-state index in [2.05, 4.69) is 10.6 Å². The van der Waals surface area contributed by atoms with Crippen LogP contribution < -0.4 is 10.6 Å². The third kappa shape index (κ3) is 1.90. The maximum atomic E-state index is 13.3. The standard InChI is InChI=1S/C22H16N2O2/c25-20-15-10-4-6-12-17(15)22(19(20)14-8-2-1-3-9-14)23-18-13-7-5-11-16(18)21(26)24-22/h1-13,19,23H,(H,24,26)/t19-,22+/m0/s1. The number of fused-ring (bicyclic) bond motifs is 3. The zero-order chi connectivity index (χ0) is 17.7. The fraction of sp³-hybridized carbons (Fsp3) is 0.0909. The number of carbonyl (C=O) groups excluding carboxylic acids is 2.